The number of amides is 1. The van der Waals surface area contributed by atoms with Gasteiger partial charge in [0.2, 0.25) is 0 Å². The van der Waals surface area contributed by atoms with Crippen LogP contribution in [0, 0.1) is 27.7 Å². The van der Waals surface area contributed by atoms with E-state index in [9.17, 15) is 14.7 Å². The highest BCUT2D eigenvalue weighted by Gasteiger charge is 2.25. The summed E-state index contributed by atoms with van der Waals surface area (Å²) in [7, 11) is 0. The predicted octanol–water partition coefficient (Wildman–Crippen LogP) is 5.30. The topological polar surface area (TPSA) is 83.7 Å². The summed E-state index contributed by atoms with van der Waals surface area (Å²) in [5, 5.41) is 12.9. The first kappa shape index (κ1) is 21.6. The van der Waals surface area contributed by atoms with E-state index in [-0.39, 0.29) is 11.5 Å². The van der Waals surface area contributed by atoms with E-state index in [0.717, 1.165) is 33.8 Å². The van der Waals surface area contributed by atoms with Crippen molar-refractivity contribution in [2.45, 2.75) is 27.7 Å². The molecule has 4 rings (SSSR count). The van der Waals surface area contributed by atoms with Crippen LogP contribution in [-0.2, 0) is 4.79 Å². The van der Waals surface area contributed by atoms with Crippen molar-refractivity contribution in [1.82, 2.24) is 9.88 Å². The van der Waals surface area contributed by atoms with Gasteiger partial charge in [-0.1, -0.05) is 18.2 Å². The molecule has 3 aromatic rings. The quantitative estimate of drug-likeness (QED) is 0.534. The Morgan fingerprint density at radius 3 is 2.44 bits per heavy atom. The minimum absolute atomic E-state index is 0.200. The molecule has 2 heterocycles. The lowest BCUT2D eigenvalue weighted by molar-refractivity contribution is -0.115. The molecule has 0 spiro atoms. The second kappa shape index (κ2) is 8.51. The van der Waals surface area contributed by atoms with E-state index >= 15 is 0 Å². The standard InChI is InChI=1S/C25H23N3O3S/c1-14-9-15(2)11-19(10-14)26-25-27-23(29)22(32-25)13-18-12-16(3)28(17(18)4)21-8-6-5-7-20(21)24(30)31/h5-13H,1-4H3,(H,30,31)(H,26,27,29)/b22-13-. The number of carboxylic acids is 1. The summed E-state index contributed by atoms with van der Waals surface area (Å²) in [6.07, 6.45) is 1.83. The number of amidine groups is 1. The number of aromatic carboxylic acids is 1. The van der Waals surface area contributed by atoms with Crippen LogP contribution in [0.1, 0.15) is 38.4 Å². The van der Waals surface area contributed by atoms with Gasteiger partial charge in [0.05, 0.1) is 21.8 Å². The third-order valence-electron chi connectivity index (χ3n) is 5.22. The smallest absolute Gasteiger partial charge is 0.337 e. The van der Waals surface area contributed by atoms with Crippen LogP contribution in [0.25, 0.3) is 11.8 Å². The molecule has 2 N–H and O–H groups in total. The highest BCUT2D eigenvalue weighted by molar-refractivity contribution is 8.18. The zero-order valence-electron chi connectivity index (χ0n) is 18.3. The van der Waals surface area contributed by atoms with Crippen LogP contribution in [-0.4, -0.2) is 26.7 Å². The van der Waals surface area contributed by atoms with E-state index < -0.39 is 5.97 Å². The minimum atomic E-state index is -0.981. The Hall–Kier alpha value is -3.58. The molecule has 7 heteroatoms. The molecule has 0 bridgehead atoms. The Balaban J connectivity index is 1.68. The summed E-state index contributed by atoms with van der Waals surface area (Å²) in [6, 6.07) is 14.9. The van der Waals surface area contributed by atoms with Gasteiger partial charge in [-0.15, -0.1) is 0 Å². The number of para-hydroxylation sites is 1. The highest BCUT2D eigenvalue weighted by atomic mass is 32.2. The van der Waals surface area contributed by atoms with Crippen LogP contribution in [0.4, 0.5) is 5.69 Å². The highest BCUT2D eigenvalue weighted by Crippen LogP contribution is 2.31. The van der Waals surface area contributed by atoms with Gasteiger partial charge in [-0.2, -0.15) is 0 Å². The van der Waals surface area contributed by atoms with Crippen molar-refractivity contribution in [1.29, 1.82) is 0 Å². The van der Waals surface area contributed by atoms with Gasteiger partial charge in [0.25, 0.3) is 5.91 Å². The van der Waals surface area contributed by atoms with Crippen LogP contribution < -0.4 is 5.32 Å². The number of carbonyl (C=O) groups excluding carboxylic acids is 1. The molecule has 2 aromatic carbocycles. The molecule has 162 valence electrons. The molecule has 0 radical (unpaired) electrons. The van der Waals surface area contributed by atoms with Crippen molar-refractivity contribution in [3.63, 3.8) is 0 Å². The summed E-state index contributed by atoms with van der Waals surface area (Å²) >= 11 is 1.29. The Morgan fingerprint density at radius 1 is 1.06 bits per heavy atom. The molecule has 32 heavy (non-hydrogen) atoms. The van der Waals surface area contributed by atoms with Crippen LogP contribution in [0.5, 0.6) is 0 Å². The summed E-state index contributed by atoms with van der Waals surface area (Å²) in [4.78, 5) is 29.4. The van der Waals surface area contributed by atoms with Gasteiger partial charge < -0.3 is 15.0 Å². The van der Waals surface area contributed by atoms with E-state index in [1.165, 1.54) is 11.8 Å². The van der Waals surface area contributed by atoms with Crippen molar-refractivity contribution in [2.75, 3.05) is 0 Å². The Kier molecular flexibility index (Phi) is 5.76. The minimum Gasteiger partial charge on any atom is -0.478 e. The molecule has 0 unspecified atom stereocenters. The lowest BCUT2D eigenvalue weighted by Crippen LogP contribution is -2.19. The molecular formula is C25H23N3O3S. The van der Waals surface area contributed by atoms with E-state index in [1.54, 1.807) is 18.2 Å². The summed E-state index contributed by atoms with van der Waals surface area (Å²) in [5.74, 6) is -1.18. The van der Waals surface area contributed by atoms with Gasteiger partial charge in [-0.05, 0) is 92.6 Å². The maximum Gasteiger partial charge on any atom is 0.337 e. The molecule has 1 aliphatic rings. The van der Waals surface area contributed by atoms with E-state index in [2.05, 4.69) is 16.4 Å². The molecule has 0 saturated carbocycles. The van der Waals surface area contributed by atoms with Gasteiger partial charge in [0.1, 0.15) is 0 Å². The lowest BCUT2D eigenvalue weighted by Gasteiger charge is -2.12. The van der Waals surface area contributed by atoms with E-state index in [1.807, 2.05) is 62.6 Å². The Bertz CT molecular complexity index is 1300. The van der Waals surface area contributed by atoms with Crippen LogP contribution in [0.3, 0.4) is 0 Å². The number of nitrogens with zero attached hydrogens (tertiary/aromatic N) is 2. The fourth-order valence-electron chi connectivity index (χ4n) is 3.91. The number of rotatable bonds is 4. The molecule has 6 nitrogen and oxygen atoms in total. The number of aromatic nitrogens is 1. The van der Waals surface area contributed by atoms with Crippen LogP contribution in [0.2, 0.25) is 0 Å². The van der Waals surface area contributed by atoms with E-state index in [4.69, 9.17) is 0 Å². The predicted molar refractivity (Wildman–Crippen MR) is 129 cm³/mol. The van der Waals surface area contributed by atoms with Gasteiger partial charge in [0.15, 0.2) is 5.17 Å². The molecule has 0 aliphatic carbocycles. The van der Waals surface area contributed by atoms with Gasteiger partial charge >= 0.3 is 5.97 Å². The lowest BCUT2D eigenvalue weighted by atomic mass is 10.1. The number of hydrogen-bond donors (Lipinski definition) is 2. The molecule has 1 aliphatic heterocycles. The third kappa shape index (κ3) is 4.24. The maximum absolute atomic E-state index is 12.6. The van der Waals surface area contributed by atoms with E-state index in [0.29, 0.717) is 15.8 Å². The number of carboxylic acid groups (broad SMARTS) is 1. The second-order valence-electron chi connectivity index (χ2n) is 7.81. The van der Waals surface area contributed by atoms with Crippen LogP contribution in [0.15, 0.2) is 58.4 Å². The number of hydrogen-bond acceptors (Lipinski definition) is 4. The van der Waals surface area contributed by atoms with Crippen molar-refractivity contribution < 1.29 is 14.7 Å². The number of carbonyl (C=O) groups is 2. The number of aryl methyl sites for hydroxylation is 3. The number of nitrogens with one attached hydrogen (secondary N) is 1. The zero-order chi connectivity index (χ0) is 23.0. The van der Waals surface area contributed by atoms with Gasteiger partial charge in [-0.3, -0.25) is 4.79 Å². The summed E-state index contributed by atoms with van der Waals surface area (Å²) in [5.41, 5.74) is 6.45. The number of thioether (sulfide) groups is 1. The second-order valence-corrected chi connectivity index (χ2v) is 8.84. The molecule has 0 atom stereocenters. The monoisotopic (exact) mass is 445 g/mol. The number of benzene rings is 2. The van der Waals surface area contributed by atoms with Crippen molar-refractivity contribution in [3.05, 3.63) is 87.1 Å². The first-order valence-electron chi connectivity index (χ1n) is 10.1. The first-order chi connectivity index (χ1) is 15.2. The average molecular weight is 446 g/mol. The molecule has 1 amide bonds. The van der Waals surface area contributed by atoms with Crippen molar-refractivity contribution in [2.24, 2.45) is 4.99 Å². The molecule has 1 aromatic heterocycles. The van der Waals surface area contributed by atoms with Crippen LogP contribution >= 0.6 is 11.8 Å². The fraction of sp³-hybridized carbons (Fsp3) is 0.160. The summed E-state index contributed by atoms with van der Waals surface area (Å²) < 4.78 is 1.90. The fourth-order valence-corrected chi connectivity index (χ4v) is 4.74. The summed E-state index contributed by atoms with van der Waals surface area (Å²) in [6.45, 7) is 7.86. The first-order valence-corrected chi connectivity index (χ1v) is 10.9. The molecule has 1 saturated heterocycles. The average Bonchev–Trinajstić information content (AvgIpc) is 3.19. The number of aliphatic imine (C=N–C) groups is 1. The Morgan fingerprint density at radius 2 is 1.75 bits per heavy atom. The third-order valence-corrected chi connectivity index (χ3v) is 6.13. The normalized spacial score (nSPS) is 16.1. The molecular weight excluding hydrogens is 422 g/mol. The SMILES string of the molecule is Cc1cc(C)cc(N=C2NC(=O)/C(=C/c3cc(C)n(-c4ccccc4C(=O)O)c3C)S2)c1. The molecule has 1 fully saturated rings. The van der Waals surface area contributed by atoms with Gasteiger partial charge in [0, 0.05) is 11.4 Å². The maximum atomic E-state index is 12.6. The Labute approximate surface area is 190 Å². The van der Waals surface area contributed by atoms with Gasteiger partial charge in [-0.25, -0.2) is 9.79 Å². The van der Waals surface area contributed by atoms with Crippen molar-refractivity contribution in [3.8, 4) is 5.69 Å². The zero-order valence-corrected chi connectivity index (χ0v) is 19.1. The van der Waals surface area contributed by atoms with Crippen molar-refractivity contribution >= 4 is 40.6 Å². The largest absolute Gasteiger partial charge is 0.478 e.